The second-order valence-corrected chi connectivity index (χ2v) is 9.49. The van der Waals surface area contributed by atoms with Gasteiger partial charge in [-0.1, -0.05) is 0 Å². The van der Waals surface area contributed by atoms with Crippen LogP contribution < -0.4 is 9.62 Å². The molecule has 6 nitrogen and oxygen atoms in total. The lowest BCUT2D eigenvalue weighted by molar-refractivity contribution is -0.175. The van der Waals surface area contributed by atoms with E-state index in [4.69, 9.17) is 9.57 Å². The number of methoxy groups -OCH3 is 1. The first kappa shape index (κ1) is 16.8. The fourth-order valence-corrected chi connectivity index (χ4v) is 6.14. The minimum atomic E-state index is -3.90. The molecular weight excluding hydrogens is 342 g/mol. The van der Waals surface area contributed by atoms with Crippen LogP contribution in [0.2, 0.25) is 0 Å². The first-order valence-electron chi connectivity index (χ1n) is 8.77. The van der Waals surface area contributed by atoms with E-state index in [1.165, 1.54) is 38.5 Å². The van der Waals surface area contributed by atoms with E-state index in [1.54, 1.807) is 12.1 Å². The molecule has 4 saturated carbocycles. The van der Waals surface area contributed by atoms with Crippen molar-refractivity contribution in [2.45, 2.75) is 43.4 Å². The van der Waals surface area contributed by atoms with Crippen molar-refractivity contribution in [2.24, 2.45) is 23.2 Å². The van der Waals surface area contributed by atoms with Gasteiger partial charge in [0.15, 0.2) is 0 Å². The van der Waals surface area contributed by atoms with E-state index < -0.39 is 21.4 Å². The zero-order chi connectivity index (χ0) is 17.7. The molecule has 0 amide bonds. The van der Waals surface area contributed by atoms with Crippen molar-refractivity contribution in [2.75, 3.05) is 7.11 Å². The van der Waals surface area contributed by atoms with Crippen LogP contribution in [0.15, 0.2) is 29.2 Å². The van der Waals surface area contributed by atoms with Gasteiger partial charge < -0.3 is 9.57 Å². The quantitative estimate of drug-likeness (QED) is 0.811. The van der Waals surface area contributed by atoms with E-state index in [0.717, 1.165) is 19.3 Å². The zero-order valence-electron chi connectivity index (χ0n) is 14.2. The summed E-state index contributed by atoms with van der Waals surface area (Å²) in [7, 11) is -2.39. The zero-order valence-corrected chi connectivity index (χ0v) is 15.1. The molecule has 0 heterocycles. The summed E-state index contributed by atoms with van der Waals surface area (Å²) < 4.78 is 29.7. The highest BCUT2D eigenvalue weighted by Gasteiger charge is 2.55. The minimum absolute atomic E-state index is 0.0339. The number of benzene rings is 1. The molecule has 0 aliphatic heterocycles. The Hall–Kier alpha value is -1.60. The Bertz CT molecular complexity index is 736. The number of nitrogens with one attached hydrogen (secondary N) is 1. The van der Waals surface area contributed by atoms with Crippen LogP contribution in [0.4, 0.5) is 0 Å². The lowest BCUT2D eigenvalue weighted by Gasteiger charge is -2.54. The number of ether oxygens (including phenoxy) is 1. The summed E-state index contributed by atoms with van der Waals surface area (Å²) in [6, 6.07) is 5.93. The third-order valence-electron chi connectivity index (χ3n) is 6.09. The number of carbonyl (C=O) groups excluding carboxylic acids is 1. The highest BCUT2D eigenvalue weighted by molar-refractivity contribution is 7.89. The van der Waals surface area contributed by atoms with Crippen molar-refractivity contribution in [1.82, 2.24) is 4.89 Å². The Labute approximate surface area is 147 Å². The maximum Gasteiger partial charge on any atom is 0.332 e. The molecule has 4 fully saturated rings. The van der Waals surface area contributed by atoms with Crippen molar-refractivity contribution >= 4 is 16.0 Å². The molecule has 7 heteroatoms. The number of hydrogen-bond donors (Lipinski definition) is 1. The second-order valence-electron chi connectivity index (χ2n) is 7.85. The molecule has 4 aliphatic rings. The Morgan fingerprint density at radius 1 is 1.04 bits per heavy atom. The van der Waals surface area contributed by atoms with Crippen molar-refractivity contribution < 1.29 is 22.8 Å². The maximum atomic E-state index is 12.7. The standard InChI is InChI=1S/C18H23NO5S/c1-23-15-2-4-16(5-3-15)25(21,22)19-24-17(20)18-9-12-6-13(10-18)8-14(7-12)11-18/h2-5,12-14,19H,6-11H2,1H3. The Kier molecular flexibility index (Phi) is 4.03. The Balaban J connectivity index is 1.44. The summed E-state index contributed by atoms with van der Waals surface area (Å²) in [6.45, 7) is 0. The van der Waals surface area contributed by atoms with Gasteiger partial charge in [0, 0.05) is 0 Å². The van der Waals surface area contributed by atoms with Gasteiger partial charge in [-0.3, -0.25) is 0 Å². The minimum Gasteiger partial charge on any atom is -0.497 e. The first-order chi connectivity index (χ1) is 11.9. The van der Waals surface area contributed by atoms with E-state index in [1.807, 2.05) is 4.89 Å². The number of hydrogen-bond acceptors (Lipinski definition) is 5. The van der Waals surface area contributed by atoms with Gasteiger partial charge in [-0.2, -0.15) is 0 Å². The Morgan fingerprint density at radius 3 is 2.04 bits per heavy atom. The van der Waals surface area contributed by atoms with Gasteiger partial charge >= 0.3 is 5.97 Å². The molecule has 136 valence electrons. The topological polar surface area (TPSA) is 81.7 Å². The van der Waals surface area contributed by atoms with E-state index in [9.17, 15) is 13.2 Å². The third-order valence-corrected chi connectivity index (χ3v) is 7.28. The van der Waals surface area contributed by atoms with Gasteiger partial charge in [0.05, 0.1) is 17.4 Å². The van der Waals surface area contributed by atoms with Crippen LogP contribution >= 0.6 is 0 Å². The number of rotatable bonds is 5. The van der Waals surface area contributed by atoms with Crippen LogP contribution in [0.3, 0.4) is 0 Å². The maximum absolute atomic E-state index is 12.7. The van der Waals surface area contributed by atoms with Crippen LogP contribution in [0.5, 0.6) is 5.75 Å². The first-order valence-corrected chi connectivity index (χ1v) is 10.3. The van der Waals surface area contributed by atoms with E-state index in [2.05, 4.69) is 0 Å². The van der Waals surface area contributed by atoms with Crippen molar-refractivity contribution in [3.05, 3.63) is 24.3 Å². The lowest BCUT2D eigenvalue weighted by Crippen LogP contribution is -2.51. The molecular formula is C18H23NO5S. The molecule has 0 radical (unpaired) electrons. The predicted molar refractivity (Wildman–Crippen MR) is 90.0 cm³/mol. The predicted octanol–water partition coefficient (Wildman–Crippen LogP) is 2.65. The average molecular weight is 365 g/mol. The largest absolute Gasteiger partial charge is 0.497 e. The van der Waals surface area contributed by atoms with Crippen molar-refractivity contribution in [1.29, 1.82) is 0 Å². The SMILES string of the molecule is COc1ccc(S(=O)(=O)NOC(=O)C23CC4CC(CC(C4)C2)C3)cc1. The van der Waals surface area contributed by atoms with Crippen LogP contribution in [0.25, 0.3) is 0 Å². The van der Waals surface area contributed by atoms with Crippen molar-refractivity contribution in [3.63, 3.8) is 0 Å². The molecule has 0 aromatic heterocycles. The molecule has 4 bridgehead atoms. The second kappa shape index (κ2) is 5.99. The summed E-state index contributed by atoms with van der Waals surface area (Å²) in [6.07, 6.45) is 6.14. The lowest BCUT2D eigenvalue weighted by atomic mass is 9.49. The fourth-order valence-electron chi connectivity index (χ4n) is 5.36. The van der Waals surface area contributed by atoms with E-state index in [0.29, 0.717) is 23.5 Å². The summed E-state index contributed by atoms with van der Waals surface area (Å²) in [5, 5.41) is 0. The molecule has 25 heavy (non-hydrogen) atoms. The molecule has 4 aliphatic carbocycles. The molecule has 1 N–H and O–H groups in total. The van der Waals surface area contributed by atoms with Crippen LogP contribution in [0.1, 0.15) is 38.5 Å². The molecule has 0 atom stereocenters. The normalized spacial score (nSPS) is 33.2. The molecule has 0 spiro atoms. The summed E-state index contributed by atoms with van der Waals surface area (Å²) in [5.74, 6) is 1.93. The monoisotopic (exact) mass is 365 g/mol. The molecule has 1 aromatic carbocycles. The summed E-state index contributed by atoms with van der Waals surface area (Å²) in [5.41, 5.74) is -0.489. The smallest absolute Gasteiger partial charge is 0.332 e. The Morgan fingerprint density at radius 2 is 1.56 bits per heavy atom. The fraction of sp³-hybridized carbons (Fsp3) is 0.611. The van der Waals surface area contributed by atoms with Gasteiger partial charge in [0.1, 0.15) is 5.75 Å². The summed E-state index contributed by atoms with van der Waals surface area (Å²) in [4.78, 5) is 19.9. The highest BCUT2D eigenvalue weighted by atomic mass is 32.2. The van der Waals surface area contributed by atoms with Gasteiger partial charge in [-0.15, -0.1) is 0 Å². The van der Waals surface area contributed by atoms with Gasteiger partial charge in [0.2, 0.25) is 0 Å². The van der Waals surface area contributed by atoms with E-state index in [-0.39, 0.29) is 4.90 Å². The van der Waals surface area contributed by atoms with Gasteiger partial charge in [-0.25, -0.2) is 13.2 Å². The number of sulfonamides is 1. The number of carbonyl (C=O) groups is 1. The van der Waals surface area contributed by atoms with Crippen LogP contribution in [-0.4, -0.2) is 21.5 Å². The van der Waals surface area contributed by atoms with Crippen LogP contribution in [-0.2, 0) is 19.7 Å². The van der Waals surface area contributed by atoms with Gasteiger partial charge in [-0.05, 0) is 85.4 Å². The van der Waals surface area contributed by atoms with Gasteiger partial charge in [0.25, 0.3) is 10.0 Å². The molecule has 0 unspecified atom stereocenters. The average Bonchev–Trinajstić information content (AvgIpc) is 2.58. The third kappa shape index (κ3) is 3.04. The molecule has 0 saturated heterocycles. The van der Waals surface area contributed by atoms with Crippen molar-refractivity contribution in [3.8, 4) is 5.75 Å². The molecule has 5 rings (SSSR count). The van der Waals surface area contributed by atoms with Crippen LogP contribution in [0, 0.1) is 23.2 Å². The molecule has 1 aromatic rings. The highest BCUT2D eigenvalue weighted by Crippen LogP contribution is 2.60. The summed E-state index contributed by atoms with van der Waals surface area (Å²) >= 11 is 0. The van der Waals surface area contributed by atoms with E-state index >= 15 is 0 Å².